The SMILES string of the molecule is CNCC(O)COc1cccc(-c2nc(NCCOC)c(C)c(-c3c(C)noc3C)n2)c1. The van der Waals surface area contributed by atoms with Gasteiger partial charge in [-0.25, -0.2) is 9.97 Å². The molecule has 1 unspecified atom stereocenters. The highest BCUT2D eigenvalue weighted by atomic mass is 16.5. The molecule has 0 aliphatic carbocycles. The molecule has 2 heterocycles. The van der Waals surface area contributed by atoms with Crippen LogP contribution in [0.3, 0.4) is 0 Å². The Morgan fingerprint density at radius 2 is 2.00 bits per heavy atom. The number of ether oxygens (including phenoxy) is 2. The number of aromatic nitrogens is 3. The van der Waals surface area contributed by atoms with Crippen molar-refractivity contribution in [1.82, 2.24) is 20.4 Å². The summed E-state index contributed by atoms with van der Waals surface area (Å²) in [6.07, 6.45) is -0.595. The van der Waals surface area contributed by atoms with Crippen LogP contribution in [-0.2, 0) is 4.74 Å². The van der Waals surface area contributed by atoms with Crippen molar-refractivity contribution in [3.05, 3.63) is 41.3 Å². The Morgan fingerprint density at radius 1 is 1.19 bits per heavy atom. The molecule has 9 nitrogen and oxygen atoms in total. The fourth-order valence-electron chi connectivity index (χ4n) is 3.37. The van der Waals surface area contributed by atoms with E-state index in [-0.39, 0.29) is 6.61 Å². The van der Waals surface area contributed by atoms with Gasteiger partial charge in [0.15, 0.2) is 5.82 Å². The van der Waals surface area contributed by atoms with Crippen molar-refractivity contribution >= 4 is 5.82 Å². The summed E-state index contributed by atoms with van der Waals surface area (Å²) in [5.41, 5.74) is 4.11. The van der Waals surface area contributed by atoms with E-state index in [0.29, 0.717) is 37.0 Å². The van der Waals surface area contributed by atoms with Gasteiger partial charge in [0.05, 0.1) is 23.6 Å². The van der Waals surface area contributed by atoms with Gasteiger partial charge in [-0.15, -0.1) is 0 Å². The molecular weight excluding hydrogens is 410 g/mol. The summed E-state index contributed by atoms with van der Waals surface area (Å²) in [5.74, 6) is 2.60. The van der Waals surface area contributed by atoms with Gasteiger partial charge < -0.3 is 29.7 Å². The fourth-order valence-corrected chi connectivity index (χ4v) is 3.37. The van der Waals surface area contributed by atoms with Gasteiger partial charge in [-0.3, -0.25) is 0 Å². The van der Waals surface area contributed by atoms with Gasteiger partial charge in [0.2, 0.25) is 0 Å². The first-order chi connectivity index (χ1) is 15.4. The van der Waals surface area contributed by atoms with Crippen LogP contribution >= 0.6 is 0 Å². The monoisotopic (exact) mass is 441 g/mol. The summed E-state index contributed by atoms with van der Waals surface area (Å²) in [4.78, 5) is 9.63. The first-order valence-electron chi connectivity index (χ1n) is 10.5. The third kappa shape index (κ3) is 5.61. The molecule has 0 aliphatic heterocycles. The zero-order valence-corrected chi connectivity index (χ0v) is 19.2. The molecular formula is C23H31N5O4. The van der Waals surface area contributed by atoms with Gasteiger partial charge in [0, 0.05) is 31.3 Å². The van der Waals surface area contributed by atoms with E-state index in [1.807, 2.05) is 45.0 Å². The van der Waals surface area contributed by atoms with Crippen LogP contribution in [0.5, 0.6) is 5.75 Å². The highest BCUT2D eigenvalue weighted by Gasteiger charge is 2.20. The van der Waals surface area contributed by atoms with E-state index in [1.54, 1.807) is 14.2 Å². The van der Waals surface area contributed by atoms with Crippen LogP contribution in [0.2, 0.25) is 0 Å². The number of anilines is 1. The standard InChI is InChI=1S/C23H31N5O4/c1-14-21(20-15(2)28-32-16(20)3)26-23(27-22(14)25-9-10-30-5)17-7-6-8-19(11-17)31-13-18(29)12-24-4/h6-8,11,18,24,29H,9-10,12-13H2,1-5H3,(H,25,26,27). The quantitative estimate of drug-likeness (QED) is 0.386. The molecule has 3 rings (SSSR count). The van der Waals surface area contributed by atoms with Gasteiger partial charge in [-0.05, 0) is 40.0 Å². The molecule has 0 amide bonds. The number of likely N-dealkylation sites (N-methyl/N-ethyl adjacent to an activating group) is 1. The van der Waals surface area contributed by atoms with Gasteiger partial charge in [0.25, 0.3) is 0 Å². The van der Waals surface area contributed by atoms with Crippen molar-refractivity contribution in [3.8, 4) is 28.4 Å². The molecule has 1 atom stereocenters. The third-order valence-corrected chi connectivity index (χ3v) is 4.99. The molecule has 0 bridgehead atoms. The molecule has 32 heavy (non-hydrogen) atoms. The first-order valence-corrected chi connectivity index (χ1v) is 10.5. The van der Waals surface area contributed by atoms with E-state index in [0.717, 1.165) is 33.9 Å². The molecule has 0 fully saturated rings. The molecule has 0 spiro atoms. The van der Waals surface area contributed by atoms with Gasteiger partial charge in [0.1, 0.15) is 30.0 Å². The lowest BCUT2D eigenvalue weighted by molar-refractivity contribution is 0.108. The minimum Gasteiger partial charge on any atom is -0.491 e. The molecule has 0 saturated carbocycles. The van der Waals surface area contributed by atoms with Crippen molar-refractivity contribution in [3.63, 3.8) is 0 Å². The molecule has 0 saturated heterocycles. The first kappa shape index (κ1) is 23.6. The second-order valence-electron chi connectivity index (χ2n) is 7.54. The number of benzene rings is 1. The molecule has 3 N–H and O–H groups in total. The van der Waals surface area contributed by atoms with Crippen LogP contribution < -0.4 is 15.4 Å². The van der Waals surface area contributed by atoms with E-state index in [4.69, 9.17) is 24.0 Å². The maximum atomic E-state index is 9.92. The van der Waals surface area contributed by atoms with E-state index in [2.05, 4.69) is 15.8 Å². The lowest BCUT2D eigenvalue weighted by Crippen LogP contribution is -2.29. The summed E-state index contributed by atoms with van der Waals surface area (Å²) in [6.45, 7) is 7.56. The summed E-state index contributed by atoms with van der Waals surface area (Å²) < 4.78 is 16.3. The lowest BCUT2D eigenvalue weighted by atomic mass is 10.0. The largest absolute Gasteiger partial charge is 0.491 e. The topological polar surface area (TPSA) is 115 Å². The van der Waals surface area contributed by atoms with E-state index < -0.39 is 6.10 Å². The molecule has 3 aromatic rings. The minimum atomic E-state index is -0.595. The average molecular weight is 442 g/mol. The average Bonchev–Trinajstić information content (AvgIpc) is 3.12. The summed E-state index contributed by atoms with van der Waals surface area (Å²) in [6, 6.07) is 7.52. The minimum absolute atomic E-state index is 0.188. The molecule has 2 aromatic heterocycles. The number of hydrogen-bond acceptors (Lipinski definition) is 9. The Hall–Kier alpha value is -3.01. The third-order valence-electron chi connectivity index (χ3n) is 4.99. The number of nitrogens with zero attached hydrogens (tertiary/aromatic N) is 3. The number of aliphatic hydroxyl groups is 1. The van der Waals surface area contributed by atoms with Crippen molar-refractivity contribution in [2.24, 2.45) is 0 Å². The second kappa shape index (κ2) is 11.0. The Bertz CT molecular complexity index is 1020. The van der Waals surface area contributed by atoms with Crippen molar-refractivity contribution < 1.29 is 19.1 Å². The molecule has 172 valence electrons. The Kier molecular flexibility index (Phi) is 8.15. The van der Waals surface area contributed by atoms with Crippen LogP contribution in [-0.4, -0.2) is 66.8 Å². The van der Waals surface area contributed by atoms with Crippen LogP contribution in [0.25, 0.3) is 22.6 Å². The molecule has 1 aromatic carbocycles. The Balaban J connectivity index is 1.99. The number of hydrogen-bond donors (Lipinski definition) is 3. The Labute approximate surface area is 188 Å². The van der Waals surface area contributed by atoms with Crippen LogP contribution in [0.1, 0.15) is 17.0 Å². The lowest BCUT2D eigenvalue weighted by Gasteiger charge is -2.15. The van der Waals surface area contributed by atoms with Crippen molar-refractivity contribution in [2.45, 2.75) is 26.9 Å². The van der Waals surface area contributed by atoms with E-state index >= 15 is 0 Å². The Morgan fingerprint density at radius 3 is 2.69 bits per heavy atom. The maximum absolute atomic E-state index is 9.92. The van der Waals surface area contributed by atoms with Crippen LogP contribution in [0.15, 0.2) is 28.8 Å². The number of aryl methyl sites for hydroxylation is 2. The van der Waals surface area contributed by atoms with Crippen LogP contribution in [0, 0.1) is 20.8 Å². The van der Waals surface area contributed by atoms with Gasteiger partial charge in [-0.2, -0.15) is 0 Å². The highest BCUT2D eigenvalue weighted by molar-refractivity contribution is 5.74. The smallest absolute Gasteiger partial charge is 0.162 e. The normalized spacial score (nSPS) is 12.1. The zero-order chi connectivity index (χ0) is 23.1. The van der Waals surface area contributed by atoms with Crippen molar-refractivity contribution in [1.29, 1.82) is 0 Å². The van der Waals surface area contributed by atoms with E-state index in [1.165, 1.54) is 0 Å². The van der Waals surface area contributed by atoms with Gasteiger partial charge in [-0.1, -0.05) is 17.3 Å². The molecule has 0 radical (unpaired) electrons. The number of nitrogens with one attached hydrogen (secondary N) is 2. The van der Waals surface area contributed by atoms with Crippen LogP contribution in [0.4, 0.5) is 5.82 Å². The van der Waals surface area contributed by atoms with Gasteiger partial charge >= 0.3 is 0 Å². The zero-order valence-electron chi connectivity index (χ0n) is 19.2. The predicted octanol–water partition coefficient (Wildman–Crippen LogP) is 2.74. The second-order valence-corrected chi connectivity index (χ2v) is 7.54. The number of rotatable bonds is 11. The summed E-state index contributed by atoms with van der Waals surface area (Å²) in [5, 5.41) is 20.3. The predicted molar refractivity (Wildman–Crippen MR) is 123 cm³/mol. The maximum Gasteiger partial charge on any atom is 0.162 e. The molecule has 9 heteroatoms. The number of methoxy groups -OCH3 is 1. The fraction of sp³-hybridized carbons (Fsp3) is 0.435. The van der Waals surface area contributed by atoms with Crippen molar-refractivity contribution in [2.75, 3.05) is 45.8 Å². The summed E-state index contributed by atoms with van der Waals surface area (Å²) in [7, 11) is 3.45. The highest BCUT2D eigenvalue weighted by Crippen LogP contribution is 2.33. The molecule has 0 aliphatic rings. The van der Waals surface area contributed by atoms with E-state index in [9.17, 15) is 5.11 Å². The number of aliphatic hydroxyl groups excluding tert-OH is 1. The summed E-state index contributed by atoms with van der Waals surface area (Å²) >= 11 is 0.